The van der Waals surface area contributed by atoms with Crippen molar-refractivity contribution in [1.82, 2.24) is 15.3 Å². The highest BCUT2D eigenvalue weighted by Gasteiger charge is 2.38. The maximum Gasteiger partial charge on any atom is 0.451 e. The predicted octanol–water partition coefficient (Wildman–Crippen LogP) is 3.73. The van der Waals surface area contributed by atoms with E-state index < -0.39 is 30.0 Å². The number of allylic oxidation sites excluding steroid dienone is 2. The Morgan fingerprint density at radius 3 is 2.68 bits per heavy atom. The first kappa shape index (κ1) is 24.9. The van der Waals surface area contributed by atoms with Crippen LogP contribution < -0.4 is 16.0 Å². The lowest BCUT2D eigenvalue weighted by Crippen LogP contribution is -2.47. The zero-order valence-electron chi connectivity index (χ0n) is 18.6. The summed E-state index contributed by atoms with van der Waals surface area (Å²) in [4.78, 5) is 22.0. The lowest BCUT2D eigenvalue weighted by molar-refractivity contribution is -0.144. The summed E-state index contributed by atoms with van der Waals surface area (Å²) in [6.45, 7) is 5.88. The molecule has 178 valence electrons. The van der Waals surface area contributed by atoms with E-state index in [2.05, 4.69) is 21.9 Å². The number of carbonyl (C=O) groups is 1. The van der Waals surface area contributed by atoms with Gasteiger partial charge in [0.05, 0.1) is 23.4 Å². The summed E-state index contributed by atoms with van der Waals surface area (Å²) in [5.74, 6) is -1.65. The number of rotatable bonds is 7. The van der Waals surface area contributed by atoms with E-state index in [0.29, 0.717) is 37.1 Å². The predicted molar refractivity (Wildman–Crippen MR) is 122 cm³/mol. The molecule has 1 aromatic carbocycles. The van der Waals surface area contributed by atoms with Gasteiger partial charge in [-0.15, -0.1) is 0 Å². The van der Waals surface area contributed by atoms with Crippen molar-refractivity contribution in [3.63, 3.8) is 0 Å². The van der Waals surface area contributed by atoms with Gasteiger partial charge in [-0.3, -0.25) is 4.79 Å². The number of hydrogen-bond donors (Lipinski definition) is 2. The van der Waals surface area contributed by atoms with Gasteiger partial charge in [-0.25, -0.2) is 9.97 Å². The Kier molecular flexibility index (Phi) is 7.68. The summed E-state index contributed by atoms with van der Waals surface area (Å²) in [5.41, 5.74) is 7.33. The zero-order chi connectivity index (χ0) is 24.9. The molecule has 7 nitrogen and oxygen atoms in total. The van der Waals surface area contributed by atoms with E-state index >= 15 is 0 Å². The maximum atomic E-state index is 13.6. The lowest BCUT2D eigenvalue weighted by atomic mass is 10.1. The van der Waals surface area contributed by atoms with Gasteiger partial charge in [0.1, 0.15) is 11.9 Å². The maximum absolute atomic E-state index is 13.6. The third-order valence-electron chi connectivity index (χ3n) is 5.55. The van der Waals surface area contributed by atoms with E-state index in [1.165, 1.54) is 18.2 Å². The summed E-state index contributed by atoms with van der Waals surface area (Å²) < 4.78 is 40.8. The molecule has 1 unspecified atom stereocenters. The van der Waals surface area contributed by atoms with Crippen LogP contribution in [0.1, 0.15) is 31.2 Å². The second-order valence-electron chi connectivity index (χ2n) is 7.89. The molecule has 0 saturated carbocycles. The van der Waals surface area contributed by atoms with Gasteiger partial charge in [-0.05, 0) is 31.4 Å². The molecule has 1 saturated heterocycles. The molecule has 1 aliphatic rings. The number of nitrogens with one attached hydrogen (secondary N) is 1. The average molecular weight is 470 g/mol. The number of carbonyl (C=O) groups excluding carboxylic acids is 1. The van der Waals surface area contributed by atoms with Crippen LogP contribution in [0.4, 0.5) is 19.0 Å². The fraction of sp³-hybridized carbons (Fsp3) is 0.333. The second kappa shape index (κ2) is 10.5. The second-order valence-corrected chi connectivity index (χ2v) is 7.89. The fourth-order valence-electron chi connectivity index (χ4n) is 3.77. The molecular weight excluding hydrogens is 445 g/mol. The van der Waals surface area contributed by atoms with Crippen LogP contribution in [-0.4, -0.2) is 34.5 Å². The van der Waals surface area contributed by atoms with Crippen molar-refractivity contribution >= 4 is 11.7 Å². The summed E-state index contributed by atoms with van der Waals surface area (Å²) in [6, 6.07) is 8.91. The molecule has 3 rings (SSSR count). The fourth-order valence-corrected chi connectivity index (χ4v) is 3.77. The van der Waals surface area contributed by atoms with Crippen molar-refractivity contribution in [3.05, 3.63) is 66.0 Å². The van der Waals surface area contributed by atoms with E-state index in [1.807, 2.05) is 6.07 Å². The highest BCUT2D eigenvalue weighted by Crippen LogP contribution is 2.33. The summed E-state index contributed by atoms with van der Waals surface area (Å²) in [6.07, 6.45) is -0.765. The van der Waals surface area contributed by atoms with Gasteiger partial charge in [0, 0.05) is 24.7 Å². The van der Waals surface area contributed by atoms with Crippen LogP contribution in [0.15, 0.2) is 54.6 Å². The van der Waals surface area contributed by atoms with Gasteiger partial charge >= 0.3 is 6.18 Å². The smallest absolute Gasteiger partial charge is 0.347 e. The number of benzene rings is 1. The van der Waals surface area contributed by atoms with Crippen LogP contribution in [0.2, 0.25) is 0 Å². The monoisotopic (exact) mass is 470 g/mol. The van der Waals surface area contributed by atoms with Crippen LogP contribution in [-0.2, 0) is 17.5 Å². The number of amides is 1. The van der Waals surface area contributed by atoms with Crippen LogP contribution in [0.3, 0.4) is 0 Å². The molecule has 1 amide bonds. The number of nitrogens with two attached hydrogens (primary N) is 1. The largest absolute Gasteiger partial charge is 0.451 e. The summed E-state index contributed by atoms with van der Waals surface area (Å²) in [5, 5.41) is 12.0. The van der Waals surface area contributed by atoms with Crippen molar-refractivity contribution in [2.75, 3.05) is 11.4 Å². The quantitative estimate of drug-likeness (QED) is 0.472. The van der Waals surface area contributed by atoms with E-state index in [9.17, 15) is 23.2 Å². The number of aromatic nitrogens is 2. The van der Waals surface area contributed by atoms with Crippen LogP contribution in [0, 0.1) is 11.3 Å². The number of nitriles is 1. The standard InChI is InChI=1S/C24H25F3N6O/c1-3-5-18(14-29)15(2)30-22(34)20-6-4-11-33(20)21-12-19(31-23(32-21)24(25,26)27)17-9-7-16(13-28)8-10-17/h3,5,7-10,12,15,20H,1,4,6,11,13,28H2,2H3,(H,30,34)/b18-5-/t15?,20-/m0/s1. The van der Waals surface area contributed by atoms with Crippen molar-refractivity contribution in [2.24, 2.45) is 5.73 Å². The molecule has 1 aromatic heterocycles. The number of anilines is 1. The number of halogens is 3. The zero-order valence-corrected chi connectivity index (χ0v) is 18.6. The number of hydrogen-bond acceptors (Lipinski definition) is 6. The Hall–Kier alpha value is -3.71. The molecule has 10 heteroatoms. The lowest BCUT2D eigenvalue weighted by Gasteiger charge is -2.27. The Labute approximate surface area is 195 Å². The van der Waals surface area contributed by atoms with Gasteiger partial charge < -0.3 is 16.0 Å². The molecule has 1 aliphatic heterocycles. The summed E-state index contributed by atoms with van der Waals surface area (Å²) >= 11 is 0. The minimum absolute atomic E-state index is 0.0210. The van der Waals surface area contributed by atoms with Crippen molar-refractivity contribution in [1.29, 1.82) is 5.26 Å². The first-order valence-corrected chi connectivity index (χ1v) is 10.7. The van der Waals surface area contributed by atoms with Crippen LogP contribution in [0.5, 0.6) is 0 Å². The topological polar surface area (TPSA) is 108 Å². The highest BCUT2D eigenvalue weighted by molar-refractivity contribution is 5.86. The van der Waals surface area contributed by atoms with E-state index in [4.69, 9.17) is 5.73 Å². The third-order valence-corrected chi connectivity index (χ3v) is 5.55. The van der Waals surface area contributed by atoms with Gasteiger partial charge in [0.25, 0.3) is 0 Å². The first-order chi connectivity index (χ1) is 16.2. The van der Waals surface area contributed by atoms with E-state index in [-0.39, 0.29) is 11.5 Å². The Morgan fingerprint density at radius 1 is 1.38 bits per heavy atom. The molecule has 2 aromatic rings. The van der Waals surface area contributed by atoms with Gasteiger partial charge in [-0.1, -0.05) is 36.9 Å². The number of nitrogens with zero attached hydrogens (tertiary/aromatic N) is 4. The van der Waals surface area contributed by atoms with Crippen LogP contribution >= 0.6 is 0 Å². The van der Waals surface area contributed by atoms with E-state index in [1.54, 1.807) is 36.1 Å². The van der Waals surface area contributed by atoms with Crippen molar-refractivity contribution < 1.29 is 18.0 Å². The van der Waals surface area contributed by atoms with Crippen molar-refractivity contribution in [2.45, 2.75) is 44.6 Å². The Morgan fingerprint density at radius 2 is 2.09 bits per heavy atom. The Balaban J connectivity index is 1.95. The normalized spacial score (nSPS) is 17.2. The third kappa shape index (κ3) is 5.61. The van der Waals surface area contributed by atoms with Gasteiger partial charge in [0.2, 0.25) is 11.7 Å². The number of alkyl halides is 3. The molecule has 0 spiro atoms. The minimum Gasteiger partial charge on any atom is -0.347 e. The molecule has 2 heterocycles. The average Bonchev–Trinajstić information content (AvgIpc) is 3.32. The summed E-state index contributed by atoms with van der Waals surface area (Å²) in [7, 11) is 0. The molecule has 0 radical (unpaired) electrons. The van der Waals surface area contributed by atoms with E-state index in [0.717, 1.165) is 5.56 Å². The molecule has 34 heavy (non-hydrogen) atoms. The molecule has 0 aliphatic carbocycles. The molecule has 2 atom stereocenters. The van der Waals surface area contributed by atoms with Crippen LogP contribution in [0.25, 0.3) is 11.3 Å². The first-order valence-electron chi connectivity index (χ1n) is 10.7. The van der Waals surface area contributed by atoms with Gasteiger partial charge in [-0.2, -0.15) is 18.4 Å². The van der Waals surface area contributed by atoms with Crippen molar-refractivity contribution in [3.8, 4) is 17.3 Å². The van der Waals surface area contributed by atoms with Gasteiger partial charge in [0.15, 0.2) is 0 Å². The minimum atomic E-state index is -4.76. The molecule has 1 fully saturated rings. The molecule has 0 bridgehead atoms. The molecule has 3 N–H and O–H groups in total. The molecular formula is C24H25F3N6O. The highest BCUT2D eigenvalue weighted by atomic mass is 19.4. The Bertz CT molecular complexity index is 1120. The SMILES string of the molecule is C=C/C=C(/C#N)C(C)NC(=O)[C@@H]1CCCN1c1cc(-c2ccc(CN)cc2)nc(C(F)(F)F)n1.